The van der Waals surface area contributed by atoms with Crippen molar-refractivity contribution in [3.05, 3.63) is 75.3 Å². The summed E-state index contributed by atoms with van der Waals surface area (Å²) in [6.45, 7) is 1.82. The SMILES string of the molecule is CN1C/C(=C\c2ccccc2Cl)C2=NN(C)[C@H](c3ccccc3Cl)[C@@H]2C1. The molecule has 2 aliphatic rings. The molecule has 5 heteroatoms. The van der Waals surface area contributed by atoms with Crippen molar-refractivity contribution >= 4 is 35.0 Å². The van der Waals surface area contributed by atoms with Gasteiger partial charge in [0.05, 0.1) is 11.8 Å². The first-order valence-corrected chi connectivity index (χ1v) is 9.50. The van der Waals surface area contributed by atoms with Crippen LogP contribution in [0.1, 0.15) is 17.2 Å². The first kappa shape index (κ1) is 17.6. The predicted molar refractivity (Wildman–Crippen MR) is 110 cm³/mol. The lowest BCUT2D eigenvalue weighted by Crippen LogP contribution is -2.41. The van der Waals surface area contributed by atoms with Crippen LogP contribution in [0.2, 0.25) is 10.0 Å². The van der Waals surface area contributed by atoms with E-state index in [1.165, 1.54) is 5.57 Å². The Hall–Kier alpha value is -1.81. The fraction of sp³-hybridized carbons (Fsp3) is 0.286. The second-order valence-corrected chi connectivity index (χ2v) is 7.83. The van der Waals surface area contributed by atoms with Crippen LogP contribution >= 0.6 is 23.2 Å². The van der Waals surface area contributed by atoms with Crippen molar-refractivity contribution in [2.75, 3.05) is 27.2 Å². The van der Waals surface area contributed by atoms with E-state index >= 15 is 0 Å². The maximum absolute atomic E-state index is 6.50. The monoisotopic (exact) mass is 385 g/mol. The number of piperidine rings is 1. The van der Waals surface area contributed by atoms with E-state index in [0.717, 1.165) is 40.0 Å². The van der Waals surface area contributed by atoms with Crippen LogP contribution in [0.3, 0.4) is 0 Å². The maximum Gasteiger partial charge on any atom is 0.0827 e. The lowest BCUT2D eigenvalue weighted by Gasteiger charge is -2.34. The van der Waals surface area contributed by atoms with Gasteiger partial charge in [0, 0.05) is 36.1 Å². The van der Waals surface area contributed by atoms with E-state index < -0.39 is 0 Å². The Labute approximate surface area is 164 Å². The smallest absolute Gasteiger partial charge is 0.0827 e. The van der Waals surface area contributed by atoms with Crippen LogP contribution in [0.15, 0.2) is 59.2 Å². The van der Waals surface area contributed by atoms with Gasteiger partial charge in [-0.15, -0.1) is 0 Å². The Balaban J connectivity index is 1.74. The van der Waals surface area contributed by atoms with Crippen molar-refractivity contribution in [1.82, 2.24) is 9.91 Å². The Morgan fingerprint density at radius 1 is 1.00 bits per heavy atom. The van der Waals surface area contributed by atoms with Crippen LogP contribution in [0.5, 0.6) is 0 Å². The van der Waals surface area contributed by atoms with Gasteiger partial charge < -0.3 is 4.90 Å². The zero-order valence-electron chi connectivity index (χ0n) is 14.9. The number of halogens is 2. The average molecular weight is 386 g/mol. The van der Waals surface area contributed by atoms with Gasteiger partial charge in [0.25, 0.3) is 0 Å². The molecular formula is C21H21Cl2N3. The second kappa shape index (κ2) is 7.07. The van der Waals surface area contributed by atoms with E-state index in [2.05, 4.69) is 29.1 Å². The number of hydrogen-bond donors (Lipinski definition) is 0. The Morgan fingerprint density at radius 3 is 2.42 bits per heavy atom. The molecule has 0 aromatic heterocycles. The fourth-order valence-electron chi connectivity index (χ4n) is 4.01. The van der Waals surface area contributed by atoms with Crippen LogP contribution in [0.4, 0.5) is 0 Å². The van der Waals surface area contributed by atoms with Crippen molar-refractivity contribution in [1.29, 1.82) is 0 Å². The number of hydrazone groups is 1. The molecule has 0 unspecified atom stereocenters. The third-order valence-corrected chi connectivity index (χ3v) is 5.83. The fourth-order valence-corrected chi connectivity index (χ4v) is 4.45. The molecule has 0 amide bonds. The van der Waals surface area contributed by atoms with Crippen molar-refractivity contribution in [3.8, 4) is 0 Å². The van der Waals surface area contributed by atoms with Crippen molar-refractivity contribution < 1.29 is 0 Å². The Morgan fingerprint density at radius 2 is 1.69 bits per heavy atom. The highest BCUT2D eigenvalue weighted by atomic mass is 35.5. The zero-order valence-corrected chi connectivity index (χ0v) is 16.4. The molecular weight excluding hydrogens is 365 g/mol. The van der Waals surface area contributed by atoms with Gasteiger partial charge in [-0.05, 0) is 42.0 Å². The van der Waals surface area contributed by atoms with E-state index in [4.69, 9.17) is 28.3 Å². The molecule has 0 spiro atoms. The third kappa shape index (κ3) is 3.16. The number of likely N-dealkylation sites (N-methyl/N-ethyl adjacent to an activating group) is 1. The van der Waals surface area contributed by atoms with Gasteiger partial charge >= 0.3 is 0 Å². The standard InChI is InChI=1S/C21H21Cl2N3/c1-25-12-15(11-14-7-3-5-9-18(14)22)20-17(13-25)21(26(2)24-20)16-8-4-6-10-19(16)23/h3-11,17,21H,12-13H2,1-2H3/b15-11+/t17-,21-/m1/s1. The molecule has 0 aliphatic carbocycles. The molecule has 2 heterocycles. The van der Waals surface area contributed by atoms with Gasteiger partial charge in [-0.25, -0.2) is 0 Å². The second-order valence-electron chi connectivity index (χ2n) is 7.02. The van der Waals surface area contributed by atoms with Crippen molar-refractivity contribution in [3.63, 3.8) is 0 Å². The average Bonchev–Trinajstić information content (AvgIpc) is 2.93. The molecule has 2 atom stereocenters. The summed E-state index contributed by atoms with van der Waals surface area (Å²) < 4.78 is 0. The topological polar surface area (TPSA) is 18.8 Å². The highest BCUT2D eigenvalue weighted by molar-refractivity contribution is 6.32. The molecule has 3 nitrogen and oxygen atoms in total. The molecule has 4 rings (SSSR count). The molecule has 2 aromatic rings. The molecule has 2 aliphatic heterocycles. The lowest BCUT2D eigenvalue weighted by molar-refractivity contribution is 0.211. The van der Waals surface area contributed by atoms with Crippen LogP contribution in [0.25, 0.3) is 6.08 Å². The first-order chi connectivity index (χ1) is 12.5. The molecule has 0 bridgehead atoms. The number of nitrogens with zero attached hydrogens (tertiary/aromatic N) is 3. The molecule has 1 fully saturated rings. The van der Waals surface area contributed by atoms with Gasteiger partial charge in [-0.2, -0.15) is 5.10 Å². The largest absolute Gasteiger partial charge is 0.301 e. The van der Waals surface area contributed by atoms with E-state index in [-0.39, 0.29) is 12.0 Å². The molecule has 2 aromatic carbocycles. The lowest BCUT2D eigenvalue weighted by atomic mass is 9.83. The van der Waals surface area contributed by atoms with Gasteiger partial charge in [-0.3, -0.25) is 5.01 Å². The van der Waals surface area contributed by atoms with Crippen LogP contribution in [-0.2, 0) is 0 Å². The summed E-state index contributed by atoms with van der Waals surface area (Å²) in [7, 11) is 4.19. The van der Waals surface area contributed by atoms with Crippen LogP contribution in [-0.4, -0.2) is 42.8 Å². The van der Waals surface area contributed by atoms with Gasteiger partial charge in [0.1, 0.15) is 0 Å². The normalized spacial score (nSPS) is 24.7. The Bertz CT molecular complexity index is 890. The van der Waals surface area contributed by atoms with Crippen LogP contribution < -0.4 is 0 Å². The number of benzene rings is 2. The first-order valence-electron chi connectivity index (χ1n) is 8.74. The maximum atomic E-state index is 6.50. The van der Waals surface area contributed by atoms with E-state index in [1.54, 1.807) is 0 Å². The van der Waals surface area contributed by atoms with E-state index in [9.17, 15) is 0 Å². The van der Waals surface area contributed by atoms with E-state index in [0.29, 0.717) is 0 Å². The van der Waals surface area contributed by atoms with E-state index in [1.807, 2.05) is 49.5 Å². The minimum atomic E-state index is 0.149. The summed E-state index contributed by atoms with van der Waals surface area (Å²) in [5, 5.41) is 8.52. The minimum absolute atomic E-state index is 0.149. The summed E-state index contributed by atoms with van der Waals surface area (Å²) in [5.74, 6) is 0.285. The molecule has 134 valence electrons. The molecule has 1 saturated heterocycles. The molecule has 0 N–H and O–H groups in total. The summed E-state index contributed by atoms with van der Waals surface area (Å²) in [6.07, 6.45) is 2.17. The highest BCUT2D eigenvalue weighted by Crippen LogP contribution is 2.41. The number of fused-ring (bicyclic) bond motifs is 1. The molecule has 0 radical (unpaired) electrons. The highest BCUT2D eigenvalue weighted by Gasteiger charge is 2.42. The number of rotatable bonds is 2. The predicted octanol–water partition coefficient (Wildman–Crippen LogP) is 4.98. The number of hydrogen-bond acceptors (Lipinski definition) is 3. The quantitative estimate of drug-likeness (QED) is 0.725. The molecule has 26 heavy (non-hydrogen) atoms. The summed E-state index contributed by atoms with van der Waals surface area (Å²) in [5.41, 5.74) is 4.53. The van der Waals surface area contributed by atoms with Gasteiger partial charge in [-0.1, -0.05) is 59.6 Å². The van der Waals surface area contributed by atoms with Gasteiger partial charge in [0.2, 0.25) is 0 Å². The summed E-state index contributed by atoms with van der Waals surface area (Å²) >= 11 is 12.9. The zero-order chi connectivity index (χ0) is 18.3. The van der Waals surface area contributed by atoms with Crippen molar-refractivity contribution in [2.45, 2.75) is 6.04 Å². The molecule has 0 saturated carbocycles. The Kier molecular flexibility index (Phi) is 4.78. The van der Waals surface area contributed by atoms with Crippen molar-refractivity contribution in [2.24, 2.45) is 11.0 Å². The number of likely N-dealkylation sites (tertiary alicyclic amines) is 1. The minimum Gasteiger partial charge on any atom is -0.301 e. The van der Waals surface area contributed by atoms with Crippen LogP contribution in [0, 0.1) is 5.92 Å². The third-order valence-electron chi connectivity index (χ3n) is 5.14. The summed E-state index contributed by atoms with van der Waals surface area (Å²) in [4.78, 5) is 2.34. The van der Waals surface area contributed by atoms with Gasteiger partial charge in [0.15, 0.2) is 0 Å². The summed E-state index contributed by atoms with van der Waals surface area (Å²) in [6, 6.07) is 16.2.